The van der Waals surface area contributed by atoms with Crippen LogP contribution >= 0.6 is 0 Å². The second-order valence-corrected chi connectivity index (χ2v) is 6.46. The van der Waals surface area contributed by atoms with Crippen LogP contribution in [0.15, 0.2) is 42.5 Å². The van der Waals surface area contributed by atoms with Crippen molar-refractivity contribution >= 4 is 17.7 Å². The van der Waals surface area contributed by atoms with Gasteiger partial charge in [-0.1, -0.05) is 23.8 Å². The molecule has 0 aliphatic carbocycles. The number of carbonyl (C=O) groups excluding carboxylic acids is 2. The molecule has 0 bridgehead atoms. The Labute approximate surface area is 147 Å². The number of rotatable bonds is 4. The molecule has 0 spiro atoms. The minimum absolute atomic E-state index is 0.163. The Balaban J connectivity index is 1.61. The van der Waals surface area contributed by atoms with Gasteiger partial charge in [0.15, 0.2) is 0 Å². The first-order chi connectivity index (χ1) is 11.9. The highest BCUT2D eigenvalue weighted by Crippen LogP contribution is 2.23. The molecule has 3 rings (SSSR count). The van der Waals surface area contributed by atoms with Gasteiger partial charge in [-0.2, -0.15) is 0 Å². The van der Waals surface area contributed by atoms with E-state index in [2.05, 4.69) is 5.32 Å². The predicted octanol–water partition coefficient (Wildman–Crippen LogP) is 3.37. The normalized spacial score (nSPS) is 16.7. The van der Waals surface area contributed by atoms with Gasteiger partial charge in [0.1, 0.15) is 6.10 Å². The van der Waals surface area contributed by atoms with E-state index in [1.54, 1.807) is 11.0 Å². The van der Waals surface area contributed by atoms with Gasteiger partial charge in [-0.3, -0.25) is 9.69 Å². The fourth-order valence-electron chi connectivity index (χ4n) is 2.83. The number of anilines is 1. The lowest BCUT2D eigenvalue weighted by molar-refractivity contribution is 0.0916. The Bertz CT molecular complexity index is 816. The first kappa shape index (κ1) is 17.0. The van der Waals surface area contributed by atoms with Crippen LogP contribution in [-0.4, -0.2) is 31.2 Å². The van der Waals surface area contributed by atoms with Crippen LogP contribution in [0, 0.1) is 20.8 Å². The van der Waals surface area contributed by atoms with Crippen LogP contribution in [0.3, 0.4) is 0 Å². The highest BCUT2D eigenvalue weighted by molar-refractivity contribution is 5.94. The van der Waals surface area contributed by atoms with Crippen molar-refractivity contribution < 1.29 is 14.3 Å². The van der Waals surface area contributed by atoms with E-state index >= 15 is 0 Å². The van der Waals surface area contributed by atoms with E-state index < -0.39 is 0 Å². The van der Waals surface area contributed by atoms with Gasteiger partial charge in [0.2, 0.25) is 0 Å². The molecule has 1 heterocycles. The molecule has 1 atom stereocenters. The third-order valence-corrected chi connectivity index (χ3v) is 4.45. The minimum Gasteiger partial charge on any atom is -0.442 e. The van der Waals surface area contributed by atoms with E-state index in [1.807, 2.05) is 57.2 Å². The summed E-state index contributed by atoms with van der Waals surface area (Å²) in [6.07, 6.45) is -0.735. The standard InChI is InChI=1S/C20H22N2O3/c1-13-5-4-6-16(9-13)19(23)21-11-18-12-22(20(24)25-18)17-8-7-14(2)15(3)10-17/h4-10,18H,11-12H2,1-3H3,(H,21,23). The number of amides is 2. The molecule has 1 unspecified atom stereocenters. The van der Waals surface area contributed by atoms with Gasteiger partial charge in [0.25, 0.3) is 5.91 Å². The fraction of sp³-hybridized carbons (Fsp3) is 0.300. The number of nitrogens with one attached hydrogen (secondary N) is 1. The molecule has 1 saturated heterocycles. The van der Waals surface area contributed by atoms with E-state index in [0.29, 0.717) is 18.7 Å². The van der Waals surface area contributed by atoms with Gasteiger partial charge in [0.05, 0.1) is 13.1 Å². The van der Waals surface area contributed by atoms with Gasteiger partial charge < -0.3 is 10.1 Å². The smallest absolute Gasteiger partial charge is 0.414 e. The summed E-state index contributed by atoms with van der Waals surface area (Å²) in [5.41, 5.74) is 4.76. The molecular formula is C20H22N2O3. The van der Waals surface area contributed by atoms with Crippen molar-refractivity contribution in [1.29, 1.82) is 0 Å². The first-order valence-electron chi connectivity index (χ1n) is 8.34. The Morgan fingerprint density at radius 2 is 1.96 bits per heavy atom. The Hall–Kier alpha value is -2.82. The Kier molecular flexibility index (Phi) is 4.74. The van der Waals surface area contributed by atoms with Crippen LogP contribution in [0.1, 0.15) is 27.0 Å². The van der Waals surface area contributed by atoms with Crippen LogP contribution in [0.4, 0.5) is 10.5 Å². The summed E-state index contributed by atoms with van der Waals surface area (Å²) < 4.78 is 5.38. The average Bonchev–Trinajstić information content (AvgIpc) is 2.96. The van der Waals surface area contributed by atoms with E-state index in [9.17, 15) is 9.59 Å². The molecule has 2 aromatic rings. The van der Waals surface area contributed by atoms with E-state index in [1.165, 1.54) is 5.56 Å². The molecule has 1 N–H and O–H groups in total. The van der Waals surface area contributed by atoms with Crippen molar-refractivity contribution in [3.05, 3.63) is 64.7 Å². The SMILES string of the molecule is Cc1cccc(C(=O)NCC2CN(c3ccc(C)c(C)c3)C(=O)O2)c1. The van der Waals surface area contributed by atoms with Crippen molar-refractivity contribution in [2.24, 2.45) is 0 Å². The van der Waals surface area contributed by atoms with Crippen LogP contribution in [0.25, 0.3) is 0 Å². The quantitative estimate of drug-likeness (QED) is 0.930. The minimum atomic E-state index is -0.377. The molecule has 5 nitrogen and oxygen atoms in total. The molecule has 25 heavy (non-hydrogen) atoms. The average molecular weight is 338 g/mol. The van der Waals surface area contributed by atoms with Gasteiger partial charge in [-0.25, -0.2) is 4.79 Å². The maximum atomic E-state index is 12.2. The predicted molar refractivity (Wildman–Crippen MR) is 97.0 cm³/mol. The lowest BCUT2D eigenvalue weighted by Crippen LogP contribution is -2.34. The van der Waals surface area contributed by atoms with Crippen molar-refractivity contribution in [3.63, 3.8) is 0 Å². The molecule has 0 radical (unpaired) electrons. The van der Waals surface area contributed by atoms with Gasteiger partial charge in [-0.05, 0) is 56.2 Å². The summed E-state index contributed by atoms with van der Waals surface area (Å²) in [6, 6.07) is 13.3. The molecule has 1 fully saturated rings. The highest BCUT2D eigenvalue weighted by Gasteiger charge is 2.32. The number of hydrogen-bond donors (Lipinski definition) is 1. The van der Waals surface area contributed by atoms with Crippen molar-refractivity contribution in [3.8, 4) is 0 Å². The molecule has 1 aliphatic heterocycles. The maximum absolute atomic E-state index is 12.2. The van der Waals surface area contributed by atoms with E-state index in [-0.39, 0.29) is 18.1 Å². The lowest BCUT2D eigenvalue weighted by atomic mass is 10.1. The number of nitrogens with zero attached hydrogens (tertiary/aromatic N) is 1. The number of aryl methyl sites for hydroxylation is 3. The second-order valence-electron chi connectivity index (χ2n) is 6.46. The first-order valence-corrected chi connectivity index (χ1v) is 8.34. The number of cyclic esters (lactones) is 1. The number of benzene rings is 2. The molecule has 2 amide bonds. The monoisotopic (exact) mass is 338 g/mol. The summed E-state index contributed by atoms with van der Waals surface area (Å²) in [6.45, 7) is 6.71. The topological polar surface area (TPSA) is 58.6 Å². The summed E-state index contributed by atoms with van der Waals surface area (Å²) in [4.78, 5) is 25.9. The van der Waals surface area contributed by atoms with Crippen LogP contribution in [0.5, 0.6) is 0 Å². The summed E-state index contributed by atoms with van der Waals surface area (Å²) in [5.74, 6) is -0.163. The molecule has 5 heteroatoms. The zero-order chi connectivity index (χ0) is 18.0. The highest BCUT2D eigenvalue weighted by atomic mass is 16.6. The third kappa shape index (κ3) is 3.82. The van der Waals surface area contributed by atoms with Gasteiger partial charge in [-0.15, -0.1) is 0 Å². The lowest BCUT2D eigenvalue weighted by Gasteiger charge is -2.14. The van der Waals surface area contributed by atoms with Crippen LogP contribution < -0.4 is 10.2 Å². The second kappa shape index (κ2) is 6.97. The van der Waals surface area contributed by atoms with Crippen molar-refractivity contribution in [1.82, 2.24) is 5.32 Å². The molecule has 0 aromatic heterocycles. The molecule has 1 aliphatic rings. The van der Waals surface area contributed by atoms with Crippen molar-refractivity contribution in [2.45, 2.75) is 26.9 Å². The summed E-state index contributed by atoms with van der Waals surface area (Å²) in [7, 11) is 0. The number of hydrogen-bond acceptors (Lipinski definition) is 3. The van der Waals surface area contributed by atoms with Crippen LogP contribution in [0.2, 0.25) is 0 Å². The van der Waals surface area contributed by atoms with Gasteiger partial charge in [0, 0.05) is 11.3 Å². The zero-order valence-electron chi connectivity index (χ0n) is 14.7. The number of ether oxygens (including phenoxy) is 1. The Morgan fingerprint density at radius 1 is 1.16 bits per heavy atom. The number of carbonyl (C=O) groups is 2. The van der Waals surface area contributed by atoms with Crippen LogP contribution in [-0.2, 0) is 4.74 Å². The molecule has 0 saturated carbocycles. The fourth-order valence-corrected chi connectivity index (χ4v) is 2.83. The van der Waals surface area contributed by atoms with Gasteiger partial charge >= 0.3 is 6.09 Å². The third-order valence-electron chi connectivity index (χ3n) is 4.45. The molecule has 130 valence electrons. The van der Waals surface area contributed by atoms with E-state index in [4.69, 9.17) is 4.74 Å². The largest absolute Gasteiger partial charge is 0.442 e. The summed E-state index contributed by atoms with van der Waals surface area (Å²) >= 11 is 0. The zero-order valence-corrected chi connectivity index (χ0v) is 14.7. The van der Waals surface area contributed by atoms with Crippen molar-refractivity contribution in [2.75, 3.05) is 18.0 Å². The van der Waals surface area contributed by atoms with E-state index in [0.717, 1.165) is 16.8 Å². The molecular weight excluding hydrogens is 316 g/mol. The summed E-state index contributed by atoms with van der Waals surface area (Å²) in [5, 5.41) is 2.84. The Morgan fingerprint density at radius 3 is 2.68 bits per heavy atom. The maximum Gasteiger partial charge on any atom is 0.414 e. The molecule has 2 aromatic carbocycles.